The summed E-state index contributed by atoms with van der Waals surface area (Å²) in [5.74, 6) is -0.481. The predicted molar refractivity (Wildman–Crippen MR) is 97.3 cm³/mol. The maximum Gasteiger partial charge on any atom is 0.311 e. The number of benzene rings is 1. The molecule has 0 spiro atoms. The largest absolute Gasteiger partial charge is 0.466 e. The Balaban J connectivity index is 1.89. The van der Waals surface area contributed by atoms with Gasteiger partial charge in [0.25, 0.3) is 0 Å². The molecular weight excluding hydrogens is 346 g/mol. The number of thioether (sulfide) groups is 1. The molecule has 0 aliphatic rings. The van der Waals surface area contributed by atoms with Gasteiger partial charge in [-0.05, 0) is 32.0 Å². The van der Waals surface area contributed by atoms with Crippen LogP contribution in [0.5, 0.6) is 0 Å². The fourth-order valence-electron chi connectivity index (χ4n) is 1.86. The number of amides is 1. The number of aromatic nitrogens is 1. The van der Waals surface area contributed by atoms with Crippen LogP contribution >= 0.6 is 23.1 Å². The monoisotopic (exact) mass is 365 g/mol. The van der Waals surface area contributed by atoms with Crippen molar-refractivity contribution >= 4 is 45.8 Å². The summed E-state index contributed by atoms with van der Waals surface area (Å²) in [5, 5.41) is 4.67. The van der Waals surface area contributed by atoms with Crippen LogP contribution in [0.2, 0.25) is 0 Å². The third-order valence-electron chi connectivity index (χ3n) is 2.95. The van der Waals surface area contributed by atoms with E-state index in [1.165, 1.54) is 23.1 Å². The molecule has 2 aromatic rings. The highest BCUT2D eigenvalue weighted by Crippen LogP contribution is 2.26. The second-order valence-corrected chi connectivity index (χ2v) is 7.22. The van der Waals surface area contributed by atoms with Gasteiger partial charge in [0.2, 0.25) is 5.91 Å². The molecule has 0 bridgehead atoms. The van der Waals surface area contributed by atoms with Crippen molar-refractivity contribution in [2.24, 2.45) is 0 Å². The Bertz CT molecular complexity index is 718. The van der Waals surface area contributed by atoms with Gasteiger partial charge in [-0.2, -0.15) is 0 Å². The van der Waals surface area contributed by atoms with Gasteiger partial charge in [-0.15, -0.1) is 23.1 Å². The number of ether oxygens (including phenoxy) is 1. The number of anilines is 2. The summed E-state index contributed by atoms with van der Waals surface area (Å²) in [6.45, 7) is 3.91. The van der Waals surface area contributed by atoms with Crippen molar-refractivity contribution in [3.63, 3.8) is 0 Å². The zero-order valence-corrected chi connectivity index (χ0v) is 15.1. The van der Waals surface area contributed by atoms with Crippen LogP contribution in [-0.4, -0.2) is 28.7 Å². The number of hydrogen-bond donors (Lipinski definition) is 2. The van der Waals surface area contributed by atoms with E-state index in [0.29, 0.717) is 23.1 Å². The molecule has 128 valence electrons. The van der Waals surface area contributed by atoms with Crippen LogP contribution in [0.25, 0.3) is 0 Å². The van der Waals surface area contributed by atoms with E-state index in [0.717, 1.165) is 4.90 Å². The van der Waals surface area contributed by atoms with E-state index in [9.17, 15) is 9.59 Å². The summed E-state index contributed by atoms with van der Waals surface area (Å²) in [6.07, 6.45) is 0.105. The number of carbonyl (C=O) groups excluding carboxylic acids is 2. The van der Waals surface area contributed by atoms with Crippen LogP contribution in [-0.2, 0) is 20.7 Å². The van der Waals surface area contributed by atoms with Crippen molar-refractivity contribution in [2.45, 2.75) is 30.4 Å². The Labute approximate surface area is 148 Å². The van der Waals surface area contributed by atoms with Gasteiger partial charge in [0, 0.05) is 16.0 Å². The molecule has 8 heteroatoms. The lowest BCUT2D eigenvalue weighted by molar-refractivity contribution is -0.142. The number of esters is 1. The van der Waals surface area contributed by atoms with E-state index in [1.807, 2.05) is 25.1 Å². The van der Waals surface area contributed by atoms with E-state index >= 15 is 0 Å². The van der Waals surface area contributed by atoms with Crippen molar-refractivity contribution in [2.75, 3.05) is 17.7 Å². The molecule has 0 fully saturated rings. The summed E-state index contributed by atoms with van der Waals surface area (Å²) in [4.78, 5) is 28.8. The quantitative estimate of drug-likeness (QED) is 0.445. The van der Waals surface area contributed by atoms with Crippen LogP contribution in [0, 0.1) is 0 Å². The van der Waals surface area contributed by atoms with Gasteiger partial charge in [0.1, 0.15) is 0 Å². The van der Waals surface area contributed by atoms with Gasteiger partial charge in [0.05, 0.1) is 24.0 Å². The van der Waals surface area contributed by atoms with Crippen LogP contribution < -0.4 is 11.1 Å². The fourth-order valence-corrected chi connectivity index (χ4v) is 3.51. The van der Waals surface area contributed by atoms with E-state index in [-0.39, 0.29) is 23.5 Å². The summed E-state index contributed by atoms with van der Waals surface area (Å²) >= 11 is 2.70. The molecule has 2 rings (SSSR count). The first-order valence-corrected chi connectivity index (χ1v) is 9.17. The number of carbonyl (C=O) groups is 2. The van der Waals surface area contributed by atoms with Crippen LogP contribution in [0.15, 0.2) is 34.5 Å². The van der Waals surface area contributed by atoms with Crippen molar-refractivity contribution in [3.05, 3.63) is 35.3 Å². The first-order valence-electron chi connectivity index (χ1n) is 7.41. The van der Waals surface area contributed by atoms with Gasteiger partial charge in [-0.25, -0.2) is 4.98 Å². The molecule has 1 heterocycles. The molecule has 0 aliphatic heterocycles. The summed E-state index contributed by atoms with van der Waals surface area (Å²) < 4.78 is 4.88. The van der Waals surface area contributed by atoms with Crippen LogP contribution in [0.4, 0.5) is 10.8 Å². The Morgan fingerprint density at radius 1 is 1.46 bits per heavy atom. The Kier molecular flexibility index (Phi) is 6.62. The zero-order valence-electron chi connectivity index (χ0n) is 13.4. The topological polar surface area (TPSA) is 94.3 Å². The van der Waals surface area contributed by atoms with Crippen molar-refractivity contribution in [1.29, 1.82) is 0 Å². The highest BCUT2D eigenvalue weighted by molar-refractivity contribution is 8.00. The molecule has 1 aromatic heterocycles. The van der Waals surface area contributed by atoms with Gasteiger partial charge in [-0.1, -0.05) is 6.07 Å². The van der Waals surface area contributed by atoms with Crippen molar-refractivity contribution in [3.8, 4) is 0 Å². The standard InChI is InChI=1S/C16H19N3O3S2/c1-3-22-14(20)8-12-9-23-16(18-12)19-15(21)10(2)24-13-6-4-5-11(17)7-13/h4-7,9-10H,3,8,17H2,1-2H3,(H,18,19,21). The first kappa shape index (κ1) is 18.3. The normalized spacial score (nSPS) is 11.8. The van der Waals surface area contributed by atoms with Crippen LogP contribution in [0.1, 0.15) is 19.5 Å². The lowest BCUT2D eigenvalue weighted by atomic mass is 10.3. The molecule has 6 nitrogen and oxygen atoms in total. The number of nitrogen functional groups attached to an aromatic ring is 1. The lowest BCUT2D eigenvalue weighted by Gasteiger charge is -2.10. The highest BCUT2D eigenvalue weighted by atomic mass is 32.2. The SMILES string of the molecule is CCOC(=O)Cc1csc(NC(=O)C(C)Sc2cccc(N)c2)n1. The molecule has 0 radical (unpaired) electrons. The third kappa shape index (κ3) is 5.54. The molecule has 1 aromatic carbocycles. The minimum absolute atomic E-state index is 0.105. The minimum Gasteiger partial charge on any atom is -0.466 e. The van der Waals surface area contributed by atoms with Crippen molar-refractivity contribution < 1.29 is 14.3 Å². The molecule has 24 heavy (non-hydrogen) atoms. The average molecular weight is 365 g/mol. The average Bonchev–Trinajstić information content (AvgIpc) is 2.94. The predicted octanol–water partition coefficient (Wildman–Crippen LogP) is 2.95. The number of nitrogens with zero attached hydrogens (tertiary/aromatic N) is 1. The van der Waals surface area contributed by atoms with E-state index in [2.05, 4.69) is 10.3 Å². The second-order valence-electron chi connectivity index (χ2n) is 4.95. The first-order chi connectivity index (χ1) is 11.5. The summed E-state index contributed by atoms with van der Waals surface area (Å²) in [5.41, 5.74) is 6.99. The van der Waals surface area contributed by atoms with E-state index in [1.54, 1.807) is 18.4 Å². The van der Waals surface area contributed by atoms with Gasteiger partial charge < -0.3 is 15.8 Å². The number of nitrogens with one attached hydrogen (secondary N) is 1. The highest BCUT2D eigenvalue weighted by Gasteiger charge is 2.17. The number of rotatable bonds is 7. The smallest absolute Gasteiger partial charge is 0.311 e. The molecule has 1 amide bonds. The number of nitrogens with two attached hydrogens (primary N) is 1. The Morgan fingerprint density at radius 3 is 2.96 bits per heavy atom. The molecule has 3 N–H and O–H groups in total. The lowest BCUT2D eigenvalue weighted by Crippen LogP contribution is -2.22. The summed E-state index contributed by atoms with van der Waals surface area (Å²) in [7, 11) is 0. The van der Waals surface area contributed by atoms with Gasteiger partial charge >= 0.3 is 5.97 Å². The number of thiazole rings is 1. The zero-order chi connectivity index (χ0) is 17.5. The van der Waals surface area contributed by atoms with E-state index < -0.39 is 0 Å². The third-order valence-corrected chi connectivity index (χ3v) is 4.85. The molecule has 0 saturated heterocycles. The van der Waals surface area contributed by atoms with Crippen molar-refractivity contribution in [1.82, 2.24) is 4.98 Å². The Hall–Kier alpha value is -2.06. The fraction of sp³-hybridized carbons (Fsp3) is 0.312. The molecule has 1 unspecified atom stereocenters. The molecule has 0 aliphatic carbocycles. The maximum absolute atomic E-state index is 12.2. The number of hydrogen-bond acceptors (Lipinski definition) is 7. The van der Waals surface area contributed by atoms with Crippen LogP contribution in [0.3, 0.4) is 0 Å². The van der Waals surface area contributed by atoms with Gasteiger partial charge in [-0.3, -0.25) is 9.59 Å². The Morgan fingerprint density at radius 2 is 2.25 bits per heavy atom. The minimum atomic E-state index is -0.328. The molecular formula is C16H19N3O3S2. The summed E-state index contributed by atoms with van der Waals surface area (Å²) in [6, 6.07) is 7.39. The molecule has 0 saturated carbocycles. The second kappa shape index (κ2) is 8.70. The van der Waals surface area contributed by atoms with Gasteiger partial charge in [0.15, 0.2) is 5.13 Å². The maximum atomic E-state index is 12.2. The molecule has 1 atom stereocenters. The van der Waals surface area contributed by atoms with E-state index in [4.69, 9.17) is 10.5 Å².